The molecule has 0 spiro atoms. The number of hydrogen-bond donors (Lipinski definition) is 1. The summed E-state index contributed by atoms with van der Waals surface area (Å²) in [7, 11) is -0.916. The van der Waals surface area contributed by atoms with Crippen LogP contribution >= 0.6 is 0 Å². The molecule has 1 unspecified atom stereocenters. The van der Waals surface area contributed by atoms with Crippen LogP contribution < -0.4 is 5.32 Å². The van der Waals surface area contributed by atoms with Crippen molar-refractivity contribution in [2.75, 3.05) is 18.8 Å². The predicted octanol–water partition coefficient (Wildman–Crippen LogP) is 0.129. The maximum Gasteiger partial charge on any atom is 0.154 e. The van der Waals surface area contributed by atoms with Gasteiger partial charge in [-0.3, -0.25) is 4.68 Å². The van der Waals surface area contributed by atoms with Crippen molar-refractivity contribution in [3.8, 4) is 0 Å². The lowest BCUT2D eigenvalue weighted by molar-refractivity contribution is 0.574. The van der Waals surface area contributed by atoms with E-state index in [1.54, 1.807) is 4.68 Å². The second kappa shape index (κ2) is 5.18. The van der Waals surface area contributed by atoms with Gasteiger partial charge in [-0.2, -0.15) is 5.10 Å². The molecule has 0 amide bonds. The lowest BCUT2D eigenvalue weighted by Gasteiger charge is -2.09. The Morgan fingerprint density at radius 1 is 1.59 bits per heavy atom. The zero-order valence-corrected chi connectivity index (χ0v) is 10.9. The largest absolute Gasteiger partial charge is 0.315 e. The van der Waals surface area contributed by atoms with Gasteiger partial charge in [0, 0.05) is 19.8 Å². The molecule has 1 saturated heterocycles. The Morgan fingerprint density at radius 2 is 2.41 bits per heavy atom. The molecule has 1 fully saturated rings. The summed E-state index contributed by atoms with van der Waals surface area (Å²) in [4.78, 5) is 0. The smallest absolute Gasteiger partial charge is 0.154 e. The Labute approximate surface area is 102 Å². The first-order valence-corrected chi connectivity index (χ1v) is 7.69. The van der Waals surface area contributed by atoms with E-state index in [1.807, 2.05) is 19.4 Å². The number of sulfone groups is 1. The molecule has 5 nitrogen and oxygen atoms in total. The normalized spacial score (nSPS) is 23.0. The van der Waals surface area contributed by atoms with Crippen LogP contribution in [-0.2, 0) is 23.3 Å². The number of aromatic nitrogens is 2. The van der Waals surface area contributed by atoms with E-state index in [-0.39, 0.29) is 5.25 Å². The van der Waals surface area contributed by atoms with Crippen LogP contribution in [0.15, 0.2) is 12.4 Å². The average Bonchev–Trinajstić information content (AvgIpc) is 2.80. The van der Waals surface area contributed by atoms with Gasteiger partial charge in [0.15, 0.2) is 9.84 Å². The van der Waals surface area contributed by atoms with Gasteiger partial charge in [-0.05, 0) is 31.4 Å². The van der Waals surface area contributed by atoms with Crippen molar-refractivity contribution in [2.24, 2.45) is 7.05 Å². The summed E-state index contributed by atoms with van der Waals surface area (Å²) >= 11 is 0. The van der Waals surface area contributed by atoms with Gasteiger partial charge >= 0.3 is 0 Å². The van der Waals surface area contributed by atoms with E-state index in [9.17, 15) is 8.42 Å². The lowest BCUT2D eigenvalue weighted by atomic mass is 10.2. The van der Waals surface area contributed by atoms with E-state index >= 15 is 0 Å². The molecule has 96 valence electrons. The highest BCUT2D eigenvalue weighted by molar-refractivity contribution is 7.92. The van der Waals surface area contributed by atoms with E-state index in [2.05, 4.69) is 10.4 Å². The molecular formula is C11H19N3O2S. The monoisotopic (exact) mass is 257 g/mol. The van der Waals surface area contributed by atoms with Crippen LogP contribution in [0, 0.1) is 0 Å². The molecule has 2 rings (SSSR count). The topological polar surface area (TPSA) is 64.0 Å². The average molecular weight is 257 g/mol. The molecule has 0 radical (unpaired) electrons. The fourth-order valence-electron chi connectivity index (χ4n) is 2.18. The summed E-state index contributed by atoms with van der Waals surface area (Å²) in [6.07, 6.45) is 6.34. The van der Waals surface area contributed by atoms with Crippen LogP contribution in [0.5, 0.6) is 0 Å². The summed E-state index contributed by atoms with van der Waals surface area (Å²) in [6, 6.07) is 0. The molecule has 0 aromatic carbocycles. The van der Waals surface area contributed by atoms with Crippen molar-refractivity contribution in [1.82, 2.24) is 15.1 Å². The first-order valence-electron chi connectivity index (χ1n) is 5.98. The van der Waals surface area contributed by atoms with Crippen molar-refractivity contribution in [3.05, 3.63) is 18.0 Å². The number of nitrogens with zero attached hydrogens (tertiary/aromatic N) is 2. The minimum absolute atomic E-state index is 0.170. The molecule has 2 heterocycles. The third kappa shape index (κ3) is 3.29. The Bertz CT molecular complexity index is 467. The molecule has 0 saturated carbocycles. The summed E-state index contributed by atoms with van der Waals surface area (Å²) in [5, 5.41) is 7.14. The number of rotatable bonds is 5. The Hall–Kier alpha value is -0.880. The molecule has 1 aromatic rings. The van der Waals surface area contributed by atoms with E-state index in [4.69, 9.17) is 0 Å². The Balaban J connectivity index is 1.70. The molecule has 1 aromatic heterocycles. The highest BCUT2D eigenvalue weighted by Crippen LogP contribution is 2.18. The summed E-state index contributed by atoms with van der Waals surface area (Å²) in [6.45, 7) is 1.39. The number of hydrogen-bond acceptors (Lipinski definition) is 4. The van der Waals surface area contributed by atoms with Gasteiger partial charge in [-0.1, -0.05) is 0 Å². The van der Waals surface area contributed by atoms with Gasteiger partial charge in [0.25, 0.3) is 0 Å². The summed E-state index contributed by atoms with van der Waals surface area (Å²) in [5.74, 6) is 0.363. The van der Waals surface area contributed by atoms with Gasteiger partial charge < -0.3 is 5.32 Å². The van der Waals surface area contributed by atoms with E-state index in [0.717, 1.165) is 25.8 Å². The van der Waals surface area contributed by atoms with Crippen LogP contribution in [0.3, 0.4) is 0 Å². The van der Waals surface area contributed by atoms with Crippen molar-refractivity contribution in [3.63, 3.8) is 0 Å². The SMILES string of the molecule is Cn1cc(CCNCC2CCCS2(=O)=O)cn1. The molecule has 1 aliphatic rings. The molecule has 1 aliphatic heterocycles. The summed E-state index contributed by atoms with van der Waals surface area (Å²) < 4.78 is 24.9. The third-order valence-corrected chi connectivity index (χ3v) is 5.46. The second-order valence-electron chi connectivity index (χ2n) is 4.61. The highest BCUT2D eigenvalue weighted by Gasteiger charge is 2.30. The van der Waals surface area contributed by atoms with E-state index < -0.39 is 9.84 Å². The van der Waals surface area contributed by atoms with Gasteiger partial charge in [-0.25, -0.2) is 8.42 Å². The molecular weight excluding hydrogens is 238 g/mol. The van der Waals surface area contributed by atoms with Crippen molar-refractivity contribution in [1.29, 1.82) is 0 Å². The Morgan fingerprint density at radius 3 is 3.00 bits per heavy atom. The zero-order chi connectivity index (χ0) is 12.3. The first kappa shape index (κ1) is 12.6. The fourth-order valence-corrected chi connectivity index (χ4v) is 3.98. The quantitative estimate of drug-likeness (QED) is 0.762. The first-order chi connectivity index (χ1) is 8.08. The van der Waals surface area contributed by atoms with E-state index in [0.29, 0.717) is 12.3 Å². The minimum atomic E-state index is -2.81. The van der Waals surface area contributed by atoms with Crippen molar-refractivity contribution in [2.45, 2.75) is 24.5 Å². The maximum atomic E-state index is 11.6. The molecule has 17 heavy (non-hydrogen) atoms. The molecule has 1 N–H and O–H groups in total. The minimum Gasteiger partial charge on any atom is -0.315 e. The molecule has 6 heteroatoms. The number of nitrogens with one attached hydrogen (secondary N) is 1. The number of aryl methyl sites for hydroxylation is 1. The van der Waals surface area contributed by atoms with E-state index in [1.165, 1.54) is 5.56 Å². The molecule has 0 bridgehead atoms. The van der Waals surface area contributed by atoms with Gasteiger partial charge in [0.05, 0.1) is 17.2 Å². The van der Waals surface area contributed by atoms with Gasteiger partial charge in [0.1, 0.15) is 0 Å². The van der Waals surface area contributed by atoms with Crippen molar-refractivity contribution >= 4 is 9.84 Å². The predicted molar refractivity (Wildman–Crippen MR) is 66.6 cm³/mol. The van der Waals surface area contributed by atoms with Crippen LogP contribution in [0.4, 0.5) is 0 Å². The van der Waals surface area contributed by atoms with Crippen LogP contribution in [0.25, 0.3) is 0 Å². The van der Waals surface area contributed by atoms with Gasteiger partial charge in [-0.15, -0.1) is 0 Å². The van der Waals surface area contributed by atoms with Crippen molar-refractivity contribution < 1.29 is 8.42 Å². The zero-order valence-electron chi connectivity index (χ0n) is 10.1. The second-order valence-corrected chi connectivity index (χ2v) is 7.01. The lowest BCUT2D eigenvalue weighted by Crippen LogP contribution is -2.31. The van der Waals surface area contributed by atoms with Crippen LogP contribution in [0.1, 0.15) is 18.4 Å². The highest BCUT2D eigenvalue weighted by atomic mass is 32.2. The molecule has 1 atom stereocenters. The third-order valence-electron chi connectivity index (χ3n) is 3.18. The Kier molecular flexibility index (Phi) is 3.83. The maximum absolute atomic E-state index is 11.6. The van der Waals surface area contributed by atoms with Gasteiger partial charge in [0.2, 0.25) is 0 Å². The molecule has 0 aliphatic carbocycles. The van der Waals surface area contributed by atoms with Crippen LogP contribution in [-0.4, -0.2) is 42.3 Å². The standard InChI is InChI=1S/C11H19N3O2S/c1-14-9-10(7-13-14)4-5-12-8-11-3-2-6-17(11,15)16/h7,9,11-12H,2-6,8H2,1H3. The summed E-state index contributed by atoms with van der Waals surface area (Å²) in [5.41, 5.74) is 1.18. The van der Waals surface area contributed by atoms with Crippen LogP contribution in [0.2, 0.25) is 0 Å². The fraction of sp³-hybridized carbons (Fsp3) is 0.727.